The molecule has 22 nitrogen and oxygen atoms in total. The van der Waals surface area contributed by atoms with Crippen LogP contribution in [-0.4, -0.2) is 156 Å². The number of alkyl halides is 3. The average Bonchev–Trinajstić information content (AvgIpc) is 1.60. The van der Waals surface area contributed by atoms with Crippen molar-refractivity contribution in [1.29, 1.82) is 0 Å². The molecule has 13 rings (SSSR count). The monoisotopic (exact) mass is 1790 g/mol. The Labute approximate surface area is 736 Å². The number of aromatic nitrogens is 4. The number of benzene rings is 7. The smallest absolute Gasteiger partial charge is 0.422 e. The number of carbonyl (C=O) groups is 2. The number of nitrogens with one attached hydrogen (secondary N) is 4. The Balaban J connectivity index is 0.000000177. The molecule has 6 heterocycles. The number of rotatable bonds is 30. The molecule has 0 aliphatic carbocycles. The Hall–Kier alpha value is -10.6. The van der Waals surface area contributed by atoms with Gasteiger partial charge in [0.15, 0.2) is 6.61 Å². The summed E-state index contributed by atoms with van der Waals surface area (Å²) in [4.78, 5) is 41.4. The molecule has 125 heavy (non-hydrogen) atoms. The fourth-order valence-electron chi connectivity index (χ4n) is 15.1. The van der Waals surface area contributed by atoms with E-state index in [0.717, 1.165) is 105 Å². The molecule has 0 unspecified atom stereocenters. The van der Waals surface area contributed by atoms with Crippen molar-refractivity contribution in [2.45, 2.75) is 162 Å². The lowest BCUT2D eigenvalue weighted by Gasteiger charge is -2.42. The van der Waals surface area contributed by atoms with E-state index in [0.29, 0.717) is 79.2 Å². The molecule has 668 valence electrons. The number of anilines is 3. The molecule has 3 aliphatic heterocycles. The van der Waals surface area contributed by atoms with Gasteiger partial charge >= 0.3 is 6.18 Å². The average molecular weight is 1800 g/mol. The van der Waals surface area contributed by atoms with Crippen molar-refractivity contribution < 1.29 is 71.0 Å². The number of thioether (sulfide) groups is 1. The van der Waals surface area contributed by atoms with Gasteiger partial charge in [-0.25, -0.2) is 34.0 Å². The molecule has 10 aromatic rings. The van der Waals surface area contributed by atoms with Crippen molar-refractivity contribution in [3.05, 3.63) is 267 Å². The molecule has 7 aromatic carbocycles. The number of sulfonamides is 3. The standard InChI is InChI=1S/C32H36F2N2O.C25H28F3N3O4S2.C19H25N3O3S.C18H23N3O3S/c1-2-20-35-25-32(28-8-4-3-5-9-28)18-22-36(23-19-32)21-6-7-24-37-31(26-10-14-29(33)15-11-26)27-12-16-30(34)17-13-27;1-5-34-22-14-23(35-16-25(26,27)28)30-21(29-22)15-36-19-10-8-18(9-11-19)31-37(32,33)20-12-6-17(7-13-20)24(2,3)4;1-13-9-5-6-10-16(13)20-26(24,25)18-15(3)21(4)14(2)17(18)19(23)22-11-7-8-12-22;1-13-16(18(22)21-11-7-8-12-21)17(14(2)20(13)3)25(23,24)19-15-9-5-4-6-10-15/h1,3-5,8-17,31,35H,6-7,18-25H2;6-14,31H,5,15-16H2,1-4H3;5-6,9-10,20H,7-8,11-12H2,1-4H3;4-6,9-10,19H,7-8,11-12H2,1-3H3. The molecule has 0 atom stereocenters. The van der Waals surface area contributed by atoms with Crippen molar-refractivity contribution >= 4 is 70.7 Å². The number of carbonyl (C=O) groups excluding carboxylic acids is 2. The van der Waals surface area contributed by atoms with E-state index in [4.69, 9.17) is 20.6 Å². The summed E-state index contributed by atoms with van der Waals surface area (Å²) in [5.41, 5.74) is 9.42. The van der Waals surface area contributed by atoms with Gasteiger partial charge in [0.2, 0.25) is 11.8 Å². The third-order valence-corrected chi connectivity index (χ3v) is 27.8. The van der Waals surface area contributed by atoms with Gasteiger partial charge in [0.1, 0.15) is 33.4 Å². The lowest BCUT2D eigenvalue weighted by atomic mass is 9.72. The Bertz CT molecular complexity index is 5610. The number of terminal acetylenes is 1. The number of amides is 2. The second kappa shape index (κ2) is 43.5. The van der Waals surface area contributed by atoms with Crippen LogP contribution in [0, 0.1) is 58.6 Å². The maximum atomic E-state index is 13.5. The maximum Gasteiger partial charge on any atom is 0.422 e. The van der Waals surface area contributed by atoms with Gasteiger partial charge in [-0.2, -0.15) is 23.1 Å². The van der Waals surface area contributed by atoms with Crippen molar-refractivity contribution in [1.82, 2.24) is 39.1 Å². The molecule has 0 spiro atoms. The highest BCUT2D eigenvalue weighted by atomic mass is 32.2. The number of hydrogen-bond acceptors (Lipinski definition) is 16. The highest BCUT2D eigenvalue weighted by Gasteiger charge is 2.39. The van der Waals surface area contributed by atoms with Crippen LogP contribution < -0.4 is 29.0 Å². The van der Waals surface area contributed by atoms with E-state index in [1.165, 1.54) is 47.7 Å². The number of likely N-dealkylation sites (tertiary alicyclic amines) is 3. The van der Waals surface area contributed by atoms with E-state index < -0.39 is 42.9 Å². The zero-order valence-electron chi connectivity index (χ0n) is 72.5. The SMILES string of the molecule is C#CCNCC1(c2ccccc2)CCN(CCCCOC(c2ccc(F)cc2)c2ccc(F)cc2)CC1.CCOc1cc(OCC(F)(F)F)nc(CSc2ccc(NS(=O)(=O)c3ccc(C(C)(C)C)cc3)cc2)n1.Cc1c(C(=O)N2CCCC2)c(S(=O)(=O)Nc2ccccc2)c(C)n1C.Cc1ccccc1NS(=O)(=O)c1c(C(=O)N2CCCC2)c(C)n(C)c1C. The van der Waals surface area contributed by atoms with E-state index in [-0.39, 0.29) is 96.1 Å². The number of piperidine rings is 1. The molecular formula is C94H112F5N11O11S4. The number of unbranched alkanes of at least 4 members (excludes halogenated alkanes) is 1. The molecule has 2 amide bonds. The summed E-state index contributed by atoms with van der Waals surface area (Å²) in [6, 6.07) is 54.0. The lowest BCUT2D eigenvalue weighted by Crippen LogP contribution is -2.48. The van der Waals surface area contributed by atoms with Crippen molar-refractivity contribution in [3.8, 4) is 24.1 Å². The summed E-state index contributed by atoms with van der Waals surface area (Å²) in [5, 5.41) is 3.45. The molecule has 3 fully saturated rings. The van der Waals surface area contributed by atoms with E-state index in [2.05, 4.69) is 91.4 Å². The molecule has 4 N–H and O–H groups in total. The first kappa shape index (κ1) is 96.6. The maximum absolute atomic E-state index is 13.5. The first-order valence-electron chi connectivity index (χ1n) is 41.6. The van der Waals surface area contributed by atoms with E-state index in [1.54, 1.807) is 177 Å². The van der Waals surface area contributed by atoms with Gasteiger partial charge in [0, 0.05) is 97.9 Å². The van der Waals surface area contributed by atoms with Crippen LogP contribution in [0.3, 0.4) is 0 Å². The molecule has 3 aromatic heterocycles. The molecule has 0 radical (unpaired) electrons. The topological polar surface area (TPSA) is 258 Å². The second-order valence-corrected chi connectivity index (χ2v) is 38.1. The van der Waals surface area contributed by atoms with Crippen LogP contribution in [0.2, 0.25) is 0 Å². The third-order valence-electron chi connectivity index (χ3n) is 22.3. The van der Waals surface area contributed by atoms with Crippen LogP contribution in [0.5, 0.6) is 11.8 Å². The second-order valence-electron chi connectivity index (χ2n) is 32.1. The largest absolute Gasteiger partial charge is 0.478 e. The fraction of sp³-hybridized carbons (Fsp3) is 0.383. The summed E-state index contributed by atoms with van der Waals surface area (Å²) < 4.78 is 170. The van der Waals surface area contributed by atoms with Gasteiger partial charge in [-0.05, 0) is 225 Å². The van der Waals surface area contributed by atoms with Gasteiger partial charge < -0.3 is 43.4 Å². The number of aryl methyl sites for hydroxylation is 1. The molecule has 3 saturated heterocycles. The summed E-state index contributed by atoms with van der Waals surface area (Å²) in [6.07, 6.45) is 8.61. The highest BCUT2D eigenvalue weighted by Crippen LogP contribution is 2.38. The molecule has 3 aliphatic rings. The minimum atomic E-state index is -4.50. The van der Waals surface area contributed by atoms with Crippen molar-refractivity contribution in [3.63, 3.8) is 0 Å². The van der Waals surface area contributed by atoms with Gasteiger partial charge in [-0.15, -0.1) is 18.2 Å². The predicted octanol–water partition coefficient (Wildman–Crippen LogP) is 18.0. The zero-order chi connectivity index (χ0) is 90.4. The molecule has 0 saturated carbocycles. The first-order valence-corrected chi connectivity index (χ1v) is 47.0. The van der Waals surface area contributed by atoms with Crippen LogP contribution in [-0.2, 0) is 65.5 Å². The van der Waals surface area contributed by atoms with E-state index in [1.807, 2.05) is 25.1 Å². The highest BCUT2D eigenvalue weighted by molar-refractivity contribution is 7.98. The van der Waals surface area contributed by atoms with Crippen molar-refractivity contribution in [2.24, 2.45) is 14.1 Å². The van der Waals surface area contributed by atoms with E-state index in [9.17, 15) is 56.8 Å². The third kappa shape index (κ3) is 26.3. The minimum Gasteiger partial charge on any atom is -0.478 e. The number of para-hydroxylation sites is 2. The van der Waals surface area contributed by atoms with E-state index >= 15 is 0 Å². The van der Waals surface area contributed by atoms with Crippen LogP contribution in [0.15, 0.2) is 208 Å². The molecule has 0 bridgehead atoms. The Morgan fingerprint density at radius 1 is 0.576 bits per heavy atom. The zero-order valence-corrected chi connectivity index (χ0v) is 75.8. The van der Waals surface area contributed by atoms with Gasteiger partial charge in [-0.1, -0.05) is 130 Å². The van der Waals surface area contributed by atoms with Crippen LogP contribution in [0.1, 0.15) is 162 Å². The quantitative estimate of drug-likeness (QED) is 0.0141. The Kier molecular flexibility index (Phi) is 33.7. The van der Waals surface area contributed by atoms with Crippen molar-refractivity contribution in [2.75, 3.05) is 92.9 Å². The number of halogens is 5. The molecular weight excluding hydrogens is 1680 g/mol. The number of ether oxygens (including phenoxy) is 3. The van der Waals surface area contributed by atoms with Gasteiger partial charge in [0.25, 0.3) is 41.9 Å². The summed E-state index contributed by atoms with van der Waals surface area (Å²) in [7, 11) is -7.95. The van der Waals surface area contributed by atoms with Crippen LogP contribution in [0.4, 0.5) is 39.0 Å². The van der Waals surface area contributed by atoms with Gasteiger partial charge in [-0.3, -0.25) is 23.8 Å². The number of hydrogen-bond donors (Lipinski definition) is 4. The molecule has 31 heteroatoms. The van der Waals surface area contributed by atoms with Gasteiger partial charge in [0.05, 0.1) is 46.7 Å². The summed E-state index contributed by atoms with van der Waals surface area (Å²) >= 11 is 1.32. The van der Waals surface area contributed by atoms with Crippen LogP contribution in [0.25, 0.3) is 0 Å². The minimum absolute atomic E-state index is 0.0771. The normalized spacial score (nSPS) is 14.2. The number of nitrogens with zero attached hydrogens (tertiary/aromatic N) is 7. The summed E-state index contributed by atoms with van der Waals surface area (Å²) in [5.74, 6) is 2.07. The van der Waals surface area contributed by atoms with Crippen LogP contribution >= 0.6 is 11.8 Å². The Morgan fingerprint density at radius 2 is 1.06 bits per heavy atom. The predicted molar refractivity (Wildman–Crippen MR) is 481 cm³/mol. The Morgan fingerprint density at radius 3 is 1.55 bits per heavy atom. The first-order chi connectivity index (χ1) is 59.4. The lowest BCUT2D eigenvalue weighted by molar-refractivity contribution is -0.154. The fourth-order valence-corrected chi connectivity index (χ4v) is 20.1. The summed E-state index contributed by atoms with van der Waals surface area (Å²) in [6.45, 7) is 23.5.